The van der Waals surface area contributed by atoms with Gasteiger partial charge in [-0.3, -0.25) is 0 Å². The van der Waals surface area contributed by atoms with E-state index in [-0.39, 0.29) is 0 Å². The van der Waals surface area contributed by atoms with E-state index >= 15 is 0 Å². The number of hydrogen-bond acceptors (Lipinski definition) is 2. The topological polar surface area (TPSA) is 46.2 Å². The molecule has 0 spiro atoms. The van der Waals surface area contributed by atoms with Crippen molar-refractivity contribution in [2.75, 3.05) is 0 Å². The molecule has 0 saturated heterocycles. The van der Waals surface area contributed by atoms with E-state index in [1.54, 1.807) is 6.07 Å². The first-order chi connectivity index (χ1) is 7.25. The SMILES string of the molecule is NC1CCCCC1Cc1cccc(O)c1. The first kappa shape index (κ1) is 10.5. The summed E-state index contributed by atoms with van der Waals surface area (Å²) in [6.45, 7) is 0. The van der Waals surface area contributed by atoms with Crippen LogP contribution in [0.2, 0.25) is 0 Å². The Balaban J connectivity index is 2.01. The Morgan fingerprint density at radius 1 is 1.27 bits per heavy atom. The molecule has 2 atom stereocenters. The highest BCUT2D eigenvalue weighted by Gasteiger charge is 2.21. The Morgan fingerprint density at radius 3 is 2.80 bits per heavy atom. The standard InChI is InChI=1S/C13H19NO/c14-13-7-2-1-5-11(13)8-10-4-3-6-12(15)9-10/h3-4,6,9,11,13,15H,1-2,5,7-8,14H2. The fourth-order valence-corrected chi connectivity index (χ4v) is 2.48. The lowest BCUT2D eigenvalue weighted by Crippen LogP contribution is -2.34. The highest BCUT2D eigenvalue weighted by atomic mass is 16.3. The molecule has 0 radical (unpaired) electrons. The molecule has 1 aliphatic rings. The van der Waals surface area contributed by atoms with Gasteiger partial charge in [0.1, 0.15) is 5.75 Å². The molecule has 0 heterocycles. The summed E-state index contributed by atoms with van der Waals surface area (Å²) in [6, 6.07) is 7.88. The van der Waals surface area contributed by atoms with Crippen LogP contribution in [0.3, 0.4) is 0 Å². The highest BCUT2D eigenvalue weighted by Crippen LogP contribution is 2.26. The van der Waals surface area contributed by atoms with Crippen LogP contribution < -0.4 is 5.73 Å². The van der Waals surface area contributed by atoms with Gasteiger partial charge in [0.05, 0.1) is 0 Å². The van der Waals surface area contributed by atoms with Crippen LogP contribution in [0, 0.1) is 5.92 Å². The molecule has 2 nitrogen and oxygen atoms in total. The van der Waals surface area contributed by atoms with Crippen LogP contribution in [-0.4, -0.2) is 11.1 Å². The number of hydrogen-bond donors (Lipinski definition) is 2. The largest absolute Gasteiger partial charge is 0.508 e. The molecular formula is C13H19NO. The molecule has 1 aliphatic carbocycles. The van der Waals surface area contributed by atoms with E-state index in [4.69, 9.17) is 5.73 Å². The molecule has 2 unspecified atom stereocenters. The summed E-state index contributed by atoms with van der Waals surface area (Å²) in [5, 5.41) is 9.38. The van der Waals surface area contributed by atoms with Crippen molar-refractivity contribution in [1.29, 1.82) is 0 Å². The number of rotatable bonds is 2. The third-order valence-corrected chi connectivity index (χ3v) is 3.38. The summed E-state index contributed by atoms with van der Waals surface area (Å²) in [7, 11) is 0. The normalized spacial score (nSPS) is 26.5. The maximum atomic E-state index is 9.38. The zero-order valence-corrected chi connectivity index (χ0v) is 9.02. The van der Waals surface area contributed by atoms with Crippen LogP contribution in [0.25, 0.3) is 0 Å². The fourth-order valence-electron chi connectivity index (χ4n) is 2.48. The van der Waals surface area contributed by atoms with Crippen molar-refractivity contribution in [3.63, 3.8) is 0 Å². The van der Waals surface area contributed by atoms with E-state index in [1.165, 1.54) is 24.8 Å². The molecule has 15 heavy (non-hydrogen) atoms. The molecule has 2 heteroatoms. The minimum Gasteiger partial charge on any atom is -0.508 e. The molecular weight excluding hydrogens is 186 g/mol. The fraction of sp³-hybridized carbons (Fsp3) is 0.538. The van der Waals surface area contributed by atoms with Crippen molar-refractivity contribution in [2.45, 2.75) is 38.1 Å². The third-order valence-electron chi connectivity index (χ3n) is 3.38. The molecule has 2 rings (SSSR count). The maximum Gasteiger partial charge on any atom is 0.115 e. The van der Waals surface area contributed by atoms with E-state index in [9.17, 15) is 5.11 Å². The zero-order chi connectivity index (χ0) is 10.7. The summed E-state index contributed by atoms with van der Waals surface area (Å²) in [5.74, 6) is 0.956. The van der Waals surface area contributed by atoms with Crippen LogP contribution in [0.4, 0.5) is 0 Å². The predicted octanol–water partition coefficient (Wildman–Crippen LogP) is 2.45. The Hall–Kier alpha value is -1.02. The average molecular weight is 205 g/mol. The Morgan fingerprint density at radius 2 is 2.07 bits per heavy atom. The Bertz CT molecular complexity index is 324. The summed E-state index contributed by atoms with van der Waals surface area (Å²) in [5.41, 5.74) is 7.31. The quantitative estimate of drug-likeness (QED) is 0.779. The van der Waals surface area contributed by atoms with Crippen LogP contribution in [-0.2, 0) is 6.42 Å². The molecule has 1 aromatic carbocycles. The number of benzene rings is 1. The summed E-state index contributed by atoms with van der Waals surface area (Å²) >= 11 is 0. The van der Waals surface area contributed by atoms with Gasteiger partial charge in [-0.05, 0) is 42.9 Å². The predicted molar refractivity (Wildman–Crippen MR) is 61.7 cm³/mol. The van der Waals surface area contributed by atoms with Gasteiger partial charge < -0.3 is 10.8 Å². The highest BCUT2D eigenvalue weighted by molar-refractivity contribution is 5.27. The number of phenolic OH excluding ortho intramolecular Hbond substituents is 1. The lowest BCUT2D eigenvalue weighted by atomic mass is 9.81. The third kappa shape index (κ3) is 2.72. The maximum absolute atomic E-state index is 9.38. The first-order valence-electron chi connectivity index (χ1n) is 5.79. The van der Waals surface area contributed by atoms with E-state index < -0.39 is 0 Å². The molecule has 0 aromatic heterocycles. The van der Waals surface area contributed by atoms with Crippen molar-refractivity contribution < 1.29 is 5.11 Å². The second-order valence-corrected chi connectivity index (χ2v) is 4.58. The molecule has 0 amide bonds. The van der Waals surface area contributed by atoms with Crippen molar-refractivity contribution in [3.05, 3.63) is 29.8 Å². The number of aromatic hydroxyl groups is 1. The monoisotopic (exact) mass is 205 g/mol. The number of phenols is 1. The van der Waals surface area contributed by atoms with Gasteiger partial charge >= 0.3 is 0 Å². The van der Waals surface area contributed by atoms with E-state index in [0.717, 1.165) is 12.8 Å². The van der Waals surface area contributed by atoms with E-state index in [1.807, 2.05) is 12.1 Å². The van der Waals surface area contributed by atoms with Crippen LogP contribution in [0.5, 0.6) is 5.75 Å². The van der Waals surface area contributed by atoms with Crippen LogP contribution in [0.15, 0.2) is 24.3 Å². The van der Waals surface area contributed by atoms with E-state index in [0.29, 0.717) is 17.7 Å². The van der Waals surface area contributed by atoms with E-state index in [2.05, 4.69) is 6.07 Å². The van der Waals surface area contributed by atoms with Crippen LogP contribution in [0.1, 0.15) is 31.2 Å². The van der Waals surface area contributed by atoms with Gasteiger partial charge in [0.2, 0.25) is 0 Å². The van der Waals surface area contributed by atoms with Gasteiger partial charge in [-0.2, -0.15) is 0 Å². The second-order valence-electron chi connectivity index (χ2n) is 4.58. The first-order valence-corrected chi connectivity index (χ1v) is 5.79. The molecule has 1 saturated carbocycles. The second kappa shape index (κ2) is 4.67. The van der Waals surface area contributed by atoms with Gasteiger partial charge in [-0.25, -0.2) is 0 Å². The van der Waals surface area contributed by atoms with Crippen molar-refractivity contribution in [1.82, 2.24) is 0 Å². The summed E-state index contributed by atoms with van der Waals surface area (Å²) in [4.78, 5) is 0. The summed E-state index contributed by atoms with van der Waals surface area (Å²) < 4.78 is 0. The molecule has 3 N–H and O–H groups in total. The number of nitrogens with two attached hydrogens (primary N) is 1. The minimum atomic E-state index is 0.348. The van der Waals surface area contributed by atoms with Crippen LogP contribution >= 0.6 is 0 Å². The lowest BCUT2D eigenvalue weighted by molar-refractivity contribution is 0.306. The average Bonchev–Trinajstić information content (AvgIpc) is 2.22. The van der Waals surface area contributed by atoms with Gasteiger partial charge in [0.15, 0.2) is 0 Å². The van der Waals surface area contributed by atoms with Gasteiger partial charge in [0.25, 0.3) is 0 Å². The minimum absolute atomic E-state index is 0.348. The van der Waals surface area contributed by atoms with Crippen molar-refractivity contribution in [2.24, 2.45) is 11.7 Å². The smallest absolute Gasteiger partial charge is 0.115 e. The van der Waals surface area contributed by atoms with Gasteiger partial charge in [0, 0.05) is 6.04 Å². The molecule has 0 bridgehead atoms. The zero-order valence-electron chi connectivity index (χ0n) is 9.02. The molecule has 82 valence electrons. The molecule has 1 aromatic rings. The van der Waals surface area contributed by atoms with Gasteiger partial charge in [-0.15, -0.1) is 0 Å². The lowest BCUT2D eigenvalue weighted by Gasteiger charge is -2.28. The van der Waals surface area contributed by atoms with Crippen molar-refractivity contribution >= 4 is 0 Å². The molecule has 0 aliphatic heterocycles. The summed E-state index contributed by atoms with van der Waals surface area (Å²) in [6.07, 6.45) is 5.98. The van der Waals surface area contributed by atoms with Gasteiger partial charge in [-0.1, -0.05) is 25.0 Å². The van der Waals surface area contributed by atoms with Crippen molar-refractivity contribution in [3.8, 4) is 5.75 Å². The Kier molecular flexibility index (Phi) is 3.27. The molecule has 1 fully saturated rings. The Labute approximate surface area is 91.1 Å².